The number of rotatable bonds is 1. The van der Waals surface area contributed by atoms with Crippen LogP contribution in [0.4, 0.5) is 5.82 Å². The molecule has 6 heteroatoms. The van der Waals surface area contributed by atoms with Crippen LogP contribution in [0.1, 0.15) is 0 Å². The van der Waals surface area contributed by atoms with Crippen molar-refractivity contribution in [1.82, 2.24) is 9.97 Å². The van der Waals surface area contributed by atoms with Crippen molar-refractivity contribution in [3.63, 3.8) is 0 Å². The number of hydrogen-bond donors (Lipinski definition) is 1. The van der Waals surface area contributed by atoms with Crippen molar-refractivity contribution in [3.8, 4) is 0 Å². The van der Waals surface area contributed by atoms with Crippen LogP contribution in [0.3, 0.4) is 0 Å². The molecule has 0 bridgehead atoms. The number of nitrogens with one attached hydrogen (secondary N) is 1. The van der Waals surface area contributed by atoms with Crippen LogP contribution in [0.5, 0.6) is 0 Å². The van der Waals surface area contributed by atoms with Gasteiger partial charge in [0.1, 0.15) is 6.20 Å². The first-order chi connectivity index (χ1) is 3.80. The molecule has 1 N–H and O–H groups in total. The van der Waals surface area contributed by atoms with Gasteiger partial charge in [-0.15, -0.1) is 0 Å². The van der Waals surface area contributed by atoms with Gasteiger partial charge in [0.2, 0.25) is 0 Å². The van der Waals surface area contributed by atoms with Gasteiger partial charge >= 0.3 is 5.82 Å². The topological polar surface area (TPSA) is 71.8 Å². The van der Waals surface area contributed by atoms with Crippen LogP contribution in [0.25, 0.3) is 0 Å². The van der Waals surface area contributed by atoms with Crippen molar-refractivity contribution >= 4 is 35.4 Å². The Kier molecular flexibility index (Phi) is 3.44. The van der Waals surface area contributed by atoms with Crippen LogP contribution in [-0.2, 0) is 0 Å². The number of imidazole rings is 1. The third-order valence-electron chi connectivity index (χ3n) is 0.680. The third-order valence-corrected chi connectivity index (χ3v) is 0.680. The Labute approximate surface area is 72.9 Å². The summed E-state index contributed by atoms with van der Waals surface area (Å²) in [6.07, 6.45) is 2.41. The fraction of sp³-hybridized carbons (Fsp3) is 0. The number of nitrogens with zero attached hydrogens (tertiary/aromatic N) is 2. The second kappa shape index (κ2) is 3.60. The second-order valence-electron chi connectivity index (χ2n) is 1.19. The van der Waals surface area contributed by atoms with E-state index < -0.39 is 4.92 Å². The molecule has 1 radical (unpaired) electrons. The standard InChI is InChI=1S/C3H3N3O2.Na/c7-6(8)3-1-4-2-5-3;/h1-2H,(H,4,5);. The van der Waals surface area contributed by atoms with Gasteiger partial charge in [0, 0.05) is 29.6 Å². The summed E-state index contributed by atoms with van der Waals surface area (Å²) in [5.74, 6) is -0.0787. The normalized spacial score (nSPS) is 8.00. The maximum absolute atomic E-state index is 9.80. The van der Waals surface area contributed by atoms with Gasteiger partial charge in [-0.05, 0) is 4.92 Å². The van der Waals surface area contributed by atoms with Crippen molar-refractivity contribution in [2.45, 2.75) is 0 Å². The molecule has 1 heterocycles. The van der Waals surface area contributed by atoms with Crippen molar-refractivity contribution in [2.75, 3.05) is 0 Å². The van der Waals surface area contributed by atoms with Crippen molar-refractivity contribution in [1.29, 1.82) is 0 Å². The molecule has 0 saturated heterocycles. The fourth-order valence-corrected chi connectivity index (χ4v) is 0.348. The van der Waals surface area contributed by atoms with E-state index >= 15 is 0 Å². The summed E-state index contributed by atoms with van der Waals surface area (Å²) in [6, 6.07) is 0. The Morgan fingerprint density at radius 3 is 2.67 bits per heavy atom. The minimum absolute atomic E-state index is 0. The Balaban J connectivity index is 0.000000640. The van der Waals surface area contributed by atoms with Crippen LogP contribution in [0.2, 0.25) is 0 Å². The third kappa shape index (κ3) is 2.13. The Bertz CT molecular complexity index is 185. The van der Waals surface area contributed by atoms with Crippen molar-refractivity contribution < 1.29 is 4.92 Å². The quantitative estimate of drug-likeness (QED) is 0.334. The minimum Gasteiger partial charge on any atom is -0.358 e. The summed E-state index contributed by atoms with van der Waals surface area (Å²) in [5.41, 5.74) is 0. The summed E-state index contributed by atoms with van der Waals surface area (Å²) in [6.45, 7) is 0. The molecule has 43 valence electrons. The van der Waals surface area contributed by atoms with E-state index in [9.17, 15) is 10.1 Å². The molecular formula is C3H3N3NaO2. The maximum Gasteiger partial charge on any atom is 0.340 e. The van der Waals surface area contributed by atoms with Gasteiger partial charge in [-0.25, -0.2) is 9.97 Å². The molecule has 0 aliphatic heterocycles. The molecule has 0 atom stereocenters. The maximum atomic E-state index is 9.80. The SMILES string of the molecule is O=[N+]([O-])c1cnc[nH]1.[Na]. The van der Waals surface area contributed by atoms with Gasteiger partial charge in [-0.1, -0.05) is 0 Å². The first-order valence-corrected chi connectivity index (χ1v) is 1.93. The minimum atomic E-state index is -0.535. The average Bonchev–Trinajstić information content (AvgIpc) is 2.12. The monoisotopic (exact) mass is 136 g/mol. The Morgan fingerprint density at radius 2 is 2.44 bits per heavy atom. The molecule has 9 heavy (non-hydrogen) atoms. The zero-order valence-corrected chi connectivity index (χ0v) is 6.87. The molecule has 0 saturated carbocycles. The molecule has 0 aromatic carbocycles. The number of nitro groups is 1. The molecule has 1 aromatic rings. The number of hydrogen-bond acceptors (Lipinski definition) is 3. The predicted octanol–water partition coefficient (Wildman–Crippen LogP) is -0.0629. The van der Waals surface area contributed by atoms with Gasteiger partial charge in [0.15, 0.2) is 6.33 Å². The number of aromatic nitrogens is 2. The molecule has 0 amide bonds. The average molecular weight is 136 g/mol. The van der Waals surface area contributed by atoms with E-state index in [1.807, 2.05) is 0 Å². The molecule has 1 aromatic heterocycles. The summed E-state index contributed by atoms with van der Waals surface area (Å²) < 4.78 is 0. The number of H-pyrrole nitrogens is 1. The molecule has 0 unspecified atom stereocenters. The van der Waals surface area contributed by atoms with Gasteiger partial charge < -0.3 is 10.1 Å². The molecular weight excluding hydrogens is 133 g/mol. The molecule has 0 fully saturated rings. The first kappa shape index (κ1) is 8.61. The van der Waals surface area contributed by atoms with Crippen LogP contribution in [0, 0.1) is 10.1 Å². The van der Waals surface area contributed by atoms with Crippen LogP contribution in [-0.4, -0.2) is 44.4 Å². The summed E-state index contributed by atoms with van der Waals surface area (Å²) in [5, 5.41) is 9.80. The molecule has 0 aliphatic carbocycles. The second-order valence-corrected chi connectivity index (χ2v) is 1.19. The van der Waals surface area contributed by atoms with Crippen LogP contribution >= 0.6 is 0 Å². The summed E-state index contributed by atoms with van der Waals surface area (Å²) in [7, 11) is 0. The zero-order chi connectivity index (χ0) is 5.98. The van der Waals surface area contributed by atoms with Gasteiger partial charge in [0.05, 0.1) is 0 Å². The molecule has 5 nitrogen and oxygen atoms in total. The van der Waals surface area contributed by atoms with Gasteiger partial charge in [-0.3, -0.25) is 0 Å². The van der Waals surface area contributed by atoms with E-state index in [0.29, 0.717) is 0 Å². The predicted molar refractivity (Wildman–Crippen MR) is 31.0 cm³/mol. The zero-order valence-electron chi connectivity index (χ0n) is 4.87. The fourth-order valence-electron chi connectivity index (χ4n) is 0.348. The van der Waals surface area contributed by atoms with E-state index in [1.165, 1.54) is 6.33 Å². The Hall–Kier alpha value is -0.390. The Morgan fingerprint density at radius 1 is 1.78 bits per heavy atom. The smallest absolute Gasteiger partial charge is 0.340 e. The van der Waals surface area contributed by atoms with Crippen molar-refractivity contribution in [3.05, 3.63) is 22.6 Å². The van der Waals surface area contributed by atoms with Crippen molar-refractivity contribution in [2.24, 2.45) is 0 Å². The molecule has 0 spiro atoms. The van der Waals surface area contributed by atoms with E-state index in [2.05, 4.69) is 9.97 Å². The van der Waals surface area contributed by atoms with E-state index in [0.717, 1.165) is 6.20 Å². The van der Waals surface area contributed by atoms with Crippen LogP contribution < -0.4 is 0 Å². The van der Waals surface area contributed by atoms with Gasteiger partial charge in [-0.2, -0.15) is 0 Å². The number of aromatic amines is 1. The summed E-state index contributed by atoms with van der Waals surface area (Å²) in [4.78, 5) is 15.0. The molecule has 0 aliphatic rings. The largest absolute Gasteiger partial charge is 0.358 e. The van der Waals surface area contributed by atoms with E-state index in [1.54, 1.807) is 0 Å². The first-order valence-electron chi connectivity index (χ1n) is 1.93. The van der Waals surface area contributed by atoms with Gasteiger partial charge in [0.25, 0.3) is 0 Å². The summed E-state index contributed by atoms with van der Waals surface area (Å²) >= 11 is 0. The van der Waals surface area contributed by atoms with E-state index in [4.69, 9.17) is 0 Å². The van der Waals surface area contributed by atoms with E-state index in [-0.39, 0.29) is 35.4 Å². The van der Waals surface area contributed by atoms with Crippen LogP contribution in [0.15, 0.2) is 12.5 Å². The molecule has 1 rings (SSSR count).